The Balaban J connectivity index is 2.53. The van der Waals surface area contributed by atoms with E-state index in [-0.39, 0.29) is 0 Å². The van der Waals surface area contributed by atoms with Gasteiger partial charge >= 0.3 is 0 Å². The van der Waals surface area contributed by atoms with Gasteiger partial charge in [-0.3, -0.25) is 4.21 Å². The van der Waals surface area contributed by atoms with E-state index < -0.39 is 10.8 Å². The van der Waals surface area contributed by atoms with Crippen molar-refractivity contribution >= 4 is 10.8 Å². The van der Waals surface area contributed by atoms with Crippen LogP contribution >= 0.6 is 0 Å². The summed E-state index contributed by atoms with van der Waals surface area (Å²) in [5.41, 5.74) is 0. The minimum atomic E-state index is -0.634. The molecule has 0 aromatic heterocycles. The van der Waals surface area contributed by atoms with Crippen LogP contribution in [0.3, 0.4) is 0 Å². The summed E-state index contributed by atoms with van der Waals surface area (Å²) >= 11 is 0. The molecule has 0 amide bonds. The molecule has 0 bridgehead atoms. The molecule has 2 nitrogen and oxygen atoms in total. The molecular weight excluding hydrogens is 194 g/mol. The van der Waals surface area contributed by atoms with Crippen LogP contribution in [0.25, 0.3) is 0 Å². The first-order valence-corrected chi connectivity index (χ1v) is 7.11. The minimum Gasteiger partial charge on any atom is -0.313 e. The quantitative estimate of drug-likeness (QED) is 0.764. The Bertz CT molecular complexity index is 196. The third-order valence-electron chi connectivity index (χ3n) is 3.19. The summed E-state index contributed by atoms with van der Waals surface area (Å²) < 4.78 is 12.1. The molecule has 1 saturated carbocycles. The molecule has 0 aliphatic heterocycles. The molecule has 0 aromatic rings. The molecule has 4 atom stereocenters. The first kappa shape index (κ1) is 12.2. The van der Waals surface area contributed by atoms with Crippen molar-refractivity contribution in [2.24, 2.45) is 0 Å². The van der Waals surface area contributed by atoms with Crippen LogP contribution in [0.4, 0.5) is 0 Å². The van der Waals surface area contributed by atoms with Crippen molar-refractivity contribution in [3.8, 4) is 0 Å². The average molecular weight is 217 g/mol. The maximum Gasteiger partial charge on any atom is 0.0503 e. The van der Waals surface area contributed by atoms with Gasteiger partial charge < -0.3 is 5.32 Å². The summed E-state index contributed by atoms with van der Waals surface area (Å²) in [6.45, 7) is 7.36. The van der Waals surface area contributed by atoms with Crippen LogP contribution in [-0.4, -0.2) is 27.3 Å². The van der Waals surface area contributed by atoms with Gasteiger partial charge in [-0.05, 0) is 25.8 Å². The molecule has 3 heteroatoms. The Morgan fingerprint density at radius 1 is 1.43 bits per heavy atom. The monoisotopic (exact) mass is 217 g/mol. The van der Waals surface area contributed by atoms with Crippen molar-refractivity contribution in [1.29, 1.82) is 0 Å². The Hall–Kier alpha value is 0.110. The van der Waals surface area contributed by atoms with Gasteiger partial charge in [0.15, 0.2) is 0 Å². The second kappa shape index (κ2) is 5.86. The summed E-state index contributed by atoms with van der Waals surface area (Å²) in [5.74, 6) is 0. The van der Waals surface area contributed by atoms with Crippen LogP contribution in [0.1, 0.15) is 46.5 Å². The van der Waals surface area contributed by atoms with E-state index in [1.165, 1.54) is 12.8 Å². The van der Waals surface area contributed by atoms with Crippen LogP contribution in [0.2, 0.25) is 0 Å². The lowest BCUT2D eigenvalue weighted by Crippen LogP contribution is -2.40. The Morgan fingerprint density at radius 2 is 2.14 bits per heavy atom. The Morgan fingerprint density at radius 3 is 2.71 bits per heavy atom. The maximum absolute atomic E-state index is 12.1. The number of rotatable bonds is 5. The van der Waals surface area contributed by atoms with E-state index >= 15 is 0 Å². The van der Waals surface area contributed by atoms with Crippen molar-refractivity contribution in [3.63, 3.8) is 0 Å². The Kier molecular flexibility index (Phi) is 5.10. The number of nitrogens with one attached hydrogen (secondary N) is 1. The van der Waals surface area contributed by atoms with Gasteiger partial charge in [0.1, 0.15) is 0 Å². The highest BCUT2D eigenvalue weighted by Gasteiger charge is 2.32. The lowest BCUT2D eigenvalue weighted by molar-refractivity contribution is 0.538. The first-order chi connectivity index (χ1) is 6.70. The first-order valence-electron chi connectivity index (χ1n) is 5.83. The second-order valence-corrected chi connectivity index (χ2v) is 6.25. The van der Waals surface area contributed by atoms with Crippen molar-refractivity contribution < 1.29 is 4.21 Å². The molecule has 0 saturated heterocycles. The highest BCUT2D eigenvalue weighted by molar-refractivity contribution is 7.86. The van der Waals surface area contributed by atoms with Crippen LogP contribution in [0.5, 0.6) is 0 Å². The van der Waals surface area contributed by atoms with Gasteiger partial charge in [0, 0.05) is 22.1 Å². The topological polar surface area (TPSA) is 29.1 Å². The molecule has 0 heterocycles. The zero-order valence-corrected chi connectivity index (χ0v) is 10.4. The molecule has 1 aliphatic rings. The summed E-state index contributed by atoms with van der Waals surface area (Å²) in [6, 6.07) is 0.509. The highest BCUT2D eigenvalue weighted by atomic mass is 32.2. The molecule has 84 valence electrons. The number of hydrogen-bond acceptors (Lipinski definition) is 2. The SMILES string of the molecule is CCNC1CCCC1S(=O)C(C)CC. The third-order valence-corrected chi connectivity index (χ3v) is 5.48. The predicted molar refractivity (Wildman–Crippen MR) is 63.0 cm³/mol. The van der Waals surface area contributed by atoms with Crippen molar-refractivity contribution in [1.82, 2.24) is 5.32 Å². The van der Waals surface area contributed by atoms with Gasteiger partial charge in [0.2, 0.25) is 0 Å². The van der Waals surface area contributed by atoms with E-state index in [4.69, 9.17) is 0 Å². The zero-order valence-electron chi connectivity index (χ0n) is 9.58. The van der Waals surface area contributed by atoms with E-state index in [1.807, 2.05) is 0 Å². The average Bonchev–Trinajstić information content (AvgIpc) is 2.64. The number of hydrogen-bond donors (Lipinski definition) is 1. The van der Waals surface area contributed by atoms with Crippen molar-refractivity contribution in [3.05, 3.63) is 0 Å². The summed E-state index contributed by atoms with van der Waals surface area (Å²) in [7, 11) is -0.634. The third kappa shape index (κ3) is 2.80. The highest BCUT2D eigenvalue weighted by Crippen LogP contribution is 2.26. The predicted octanol–water partition coefficient (Wildman–Crippen LogP) is 2.06. The van der Waals surface area contributed by atoms with Gasteiger partial charge in [-0.2, -0.15) is 0 Å². The van der Waals surface area contributed by atoms with Gasteiger partial charge in [-0.15, -0.1) is 0 Å². The standard InChI is InChI=1S/C11H23NOS/c1-4-9(3)14(13)11-8-6-7-10(11)12-5-2/h9-12H,4-8H2,1-3H3. The normalized spacial score (nSPS) is 31.6. The van der Waals surface area contributed by atoms with Gasteiger partial charge in [0.25, 0.3) is 0 Å². The molecule has 14 heavy (non-hydrogen) atoms. The molecule has 1 fully saturated rings. The lowest BCUT2D eigenvalue weighted by atomic mass is 10.2. The van der Waals surface area contributed by atoms with Gasteiger partial charge in [0.05, 0.1) is 5.25 Å². The van der Waals surface area contributed by atoms with E-state index in [0.717, 1.165) is 19.4 Å². The fourth-order valence-electron chi connectivity index (χ4n) is 2.16. The molecule has 1 rings (SSSR count). The van der Waals surface area contributed by atoms with Crippen LogP contribution in [-0.2, 0) is 10.8 Å². The maximum atomic E-state index is 12.1. The fourth-order valence-corrected chi connectivity index (χ4v) is 4.04. The smallest absolute Gasteiger partial charge is 0.0503 e. The molecule has 1 N–H and O–H groups in total. The summed E-state index contributed by atoms with van der Waals surface area (Å²) in [4.78, 5) is 0. The van der Waals surface area contributed by atoms with Crippen LogP contribution in [0.15, 0.2) is 0 Å². The molecule has 0 aromatic carbocycles. The Labute approximate surface area is 90.3 Å². The van der Waals surface area contributed by atoms with Crippen LogP contribution < -0.4 is 5.32 Å². The molecule has 1 aliphatic carbocycles. The van der Waals surface area contributed by atoms with E-state index in [9.17, 15) is 4.21 Å². The summed E-state index contributed by atoms with van der Waals surface area (Å²) in [6.07, 6.45) is 4.63. The van der Waals surface area contributed by atoms with E-state index in [0.29, 0.717) is 16.5 Å². The van der Waals surface area contributed by atoms with Crippen molar-refractivity contribution in [2.75, 3.05) is 6.54 Å². The second-order valence-electron chi connectivity index (χ2n) is 4.18. The van der Waals surface area contributed by atoms with Crippen molar-refractivity contribution in [2.45, 2.75) is 63.0 Å². The van der Waals surface area contributed by atoms with Crippen LogP contribution in [0, 0.1) is 0 Å². The van der Waals surface area contributed by atoms with E-state index in [1.54, 1.807) is 0 Å². The van der Waals surface area contributed by atoms with E-state index in [2.05, 4.69) is 26.1 Å². The molecule has 0 radical (unpaired) electrons. The molecule has 4 unspecified atom stereocenters. The minimum absolute atomic E-state index is 0.360. The summed E-state index contributed by atoms with van der Waals surface area (Å²) in [5, 5.41) is 4.23. The molecular formula is C11H23NOS. The van der Waals surface area contributed by atoms with Gasteiger partial charge in [-0.25, -0.2) is 0 Å². The van der Waals surface area contributed by atoms with Gasteiger partial charge in [-0.1, -0.05) is 27.2 Å². The fraction of sp³-hybridized carbons (Fsp3) is 1.00. The lowest BCUT2D eigenvalue weighted by Gasteiger charge is -2.22. The zero-order chi connectivity index (χ0) is 10.6. The molecule has 0 spiro atoms. The largest absolute Gasteiger partial charge is 0.313 e.